The highest BCUT2D eigenvalue weighted by Gasteiger charge is 2.11. The van der Waals surface area contributed by atoms with E-state index in [1.807, 2.05) is 0 Å². The molecular formula is C12H7BrF3NO. The topological polar surface area (TPSA) is 22.1 Å². The van der Waals surface area contributed by atoms with Crippen LogP contribution in [0.5, 0.6) is 5.75 Å². The van der Waals surface area contributed by atoms with Crippen molar-refractivity contribution in [3.8, 4) is 5.75 Å². The zero-order valence-electron chi connectivity index (χ0n) is 8.96. The molecule has 0 radical (unpaired) electrons. The summed E-state index contributed by atoms with van der Waals surface area (Å²) in [6.07, 6.45) is 2.43. The predicted octanol–water partition coefficient (Wildman–Crippen LogP) is 3.84. The molecule has 94 valence electrons. The summed E-state index contributed by atoms with van der Waals surface area (Å²) in [5, 5.41) is 0. The third-order valence-corrected chi connectivity index (χ3v) is 2.57. The van der Waals surface area contributed by atoms with Crippen molar-refractivity contribution in [3.63, 3.8) is 0 Å². The fraction of sp³-hybridized carbons (Fsp3) is 0.0833. The lowest BCUT2D eigenvalue weighted by Gasteiger charge is -2.08. The van der Waals surface area contributed by atoms with Crippen LogP contribution < -0.4 is 4.74 Å². The number of rotatable bonds is 3. The maximum Gasteiger partial charge on any atom is 0.200 e. The summed E-state index contributed by atoms with van der Waals surface area (Å²) in [6, 6.07) is 3.50. The van der Waals surface area contributed by atoms with Crippen molar-refractivity contribution in [2.45, 2.75) is 6.61 Å². The minimum Gasteiger partial charge on any atom is -0.486 e. The maximum atomic E-state index is 13.4. The molecule has 0 atom stereocenters. The molecule has 0 bridgehead atoms. The van der Waals surface area contributed by atoms with Crippen molar-refractivity contribution < 1.29 is 17.9 Å². The van der Waals surface area contributed by atoms with Crippen LogP contribution in [0, 0.1) is 17.5 Å². The van der Waals surface area contributed by atoms with E-state index >= 15 is 0 Å². The summed E-state index contributed by atoms with van der Waals surface area (Å²) >= 11 is 3.03. The summed E-state index contributed by atoms with van der Waals surface area (Å²) in [4.78, 5) is 3.62. The van der Waals surface area contributed by atoms with Crippen molar-refractivity contribution in [3.05, 3.63) is 58.1 Å². The van der Waals surface area contributed by atoms with Crippen molar-refractivity contribution >= 4 is 15.9 Å². The van der Waals surface area contributed by atoms with E-state index in [1.54, 1.807) is 0 Å². The Balaban J connectivity index is 2.15. The molecular weight excluding hydrogens is 311 g/mol. The number of benzene rings is 1. The highest BCUT2D eigenvalue weighted by Crippen LogP contribution is 2.26. The highest BCUT2D eigenvalue weighted by atomic mass is 79.9. The molecule has 2 aromatic rings. The molecule has 0 amide bonds. The summed E-state index contributed by atoms with van der Waals surface area (Å²) < 4.78 is 44.7. The molecule has 0 aliphatic heterocycles. The molecule has 0 aliphatic carbocycles. The van der Waals surface area contributed by atoms with Crippen LogP contribution in [0.25, 0.3) is 0 Å². The number of ether oxygens (including phenoxy) is 1. The van der Waals surface area contributed by atoms with Gasteiger partial charge >= 0.3 is 0 Å². The molecule has 18 heavy (non-hydrogen) atoms. The Morgan fingerprint density at radius 1 is 1.11 bits per heavy atom. The molecule has 0 unspecified atom stereocenters. The van der Waals surface area contributed by atoms with Gasteiger partial charge in [-0.25, -0.2) is 8.78 Å². The fourth-order valence-corrected chi connectivity index (χ4v) is 1.74. The molecule has 0 saturated carbocycles. The predicted molar refractivity (Wildman–Crippen MR) is 62.6 cm³/mol. The number of nitrogens with zero attached hydrogens (tertiary/aromatic N) is 1. The van der Waals surface area contributed by atoms with Crippen LogP contribution in [0.3, 0.4) is 0 Å². The van der Waals surface area contributed by atoms with Crippen molar-refractivity contribution in [2.75, 3.05) is 0 Å². The van der Waals surface area contributed by atoms with Gasteiger partial charge in [0, 0.05) is 16.2 Å². The minimum absolute atomic E-state index is 0.0996. The Bertz CT molecular complexity index is 577. The Labute approximate surface area is 110 Å². The van der Waals surface area contributed by atoms with Gasteiger partial charge in [-0.2, -0.15) is 4.39 Å². The average Bonchev–Trinajstić information content (AvgIpc) is 2.32. The second kappa shape index (κ2) is 5.39. The van der Waals surface area contributed by atoms with Crippen molar-refractivity contribution in [1.29, 1.82) is 0 Å². The lowest BCUT2D eigenvalue weighted by Crippen LogP contribution is -2.00. The molecule has 2 rings (SSSR count). The quantitative estimate of drug-likeness (QED) is 0.802. The van der Waals surface area contributed by atoms with Gasteiger partial charge in [0.2, 0.25) is 5.82 Å². The third kappa shape index (κ3) is 3.01. The second-order valence-electron chi connectivity index (χ2n) is 3.50. The van der Waals surface area contributed by atoms with Gasteiger partial charge < -0.3 is 4.74 Å². The molecule has 0 fully saturated rings. The number of halogens is 4. The number of hydrogen-bond acceptors (Lipinski definition) is 2. The molecule has 1 aromatic heterocycles. The maximum absolute atomic E-state index is 13.4. The lowest BCUT2D eigenvalue weighted by atomic mass is 10.3. The normalized spacial score (nSPS) is 10.4. The van der Waals surface area contributed by atoms with Gasteiger partial charge in [-0.3, -0.25) is 4.98 Å². The Morgan fingerprint density at radius 2 is 1.89 bits per heavy atom. The van der Waals surface area contributed by atoms with Crippen LogP contribution in [0.2, 0.25) is 0 Å². The number of hydrogen-bond donors (Lipinski definition) is 0. The SMILES string of the molecule is Fc1cncc(COc2cc(Br)cc(F)c2F)c1. The molecule has 6 heteroatoms. The average molecular weight is 318 g/mol. The van der Waals surface area contributed by atoms with E-state index in [-0.39, 0.29) is 12.4 Å². The largest absolute Gasteiger partial charge is 0.486 e. The smallest absolute Gasteiger partial charge is 0.200 e. The zero-order chi connectivity index (χ0) is 13.1. The van der Waals surface area contributed by atoms with E-state index in [4.69, 9.17) is 4.74 Å². The van der Waals surface area contributed by atoms with Crippen LogP contribution in [0.1, 0.15) is 5.56 Å². The molecule has 0 saturated heterocycles. The molecule has 2 nitrogen and oxygen atoms in total. The monoisotopic (exact) mass is 317 g/mol. The molecule has 1 heterocycles. The van der Waals surface area contributed by atoms with Crippen molar-refractivity contribution in [1.82, 2.24) is 4.98 Å². The first-order valence-corrected chi connectivity index (χ1v) is 5.72. The highest BCUT2D eigenvalue weighted by molar-refractivity contribution is 9.10. The van der Waals surface area contributed by atoms with E-state index in [1.165, 1.54) is 18.3 Å². The van der Waals surface area contributed by atoms with Gasteiger partial charge in [0.25, 0.3) is 0 Å². The van der Waals surface area contributed by atoms with Crippen LogP contribution in [0.4, 0.5) is 13.2 Å². The molecule has 0 aliphatic rings. The van der Waals surface area contributed by atoms with Crippen molar-refractivity contribution in [2.24, 2.45) is 0 Å². The van der Waals surface area contributed by atoms with Crippen LogP contribution >= 0.6 is 15.9 Å². The summed E-state index contributed by atoms with van der Waals surface area (Å²) in [5.74, 6) is -2.86. The van der Waals surface area contributed by atoms with E-state index in [2.05, 4.69) is 20.9 Å². The van der Waals surface area contributed by atoms with Crippen LogP contribution in [0.15, 0.2) is 35.1 Å². The van der Waals surface area contributed by atoms with Gasteiger partial charge in [-0.1, -0.05) is 15.9 Å². The van der Waals surface area contributed by atoms with E-state index in [0.717, 1.165) is 12.3 Å². The summed E-state index contributed by atoms with van der Waals surface area (Å²) in [7, 11) is 0. The lowest BCUT2D eigenvalue weighted by molar-refractivity contribution is 0.283. The van der Waals surface area contributed by atoms with E-state index in [0.29, 0.717) is 10.0 Å². The second-order valence-corrected chi connectivity index (χ2v) is 4.42. The standard InChI is InChI=1S/C12H7BrF3NO/c13-8-2-10(15)12(16)11(3-8)18-6-7-1-9(14)5-17-4-7/h1-5H,6H2. The first-order chi connectivity index (χ1) is 8.56. The van der Waals surface area contributed by atoms with Gasteiger partial charge in [-0.15, -0.1) is 0 Å². The minimum atomic E-state index is -1.08. The van der Waals surface area contributed by atoms with Gasteiger partial charge in [0.05, 0.1) is 6.20 Å². The van der Waals surface area contributed by atoms with Gasteiger partial charge in [-0.05, 0) is 18.2 Å². The zero-order valence-corrected chi connectivity index (χ0v) is 10.5. The third-order valence-electron chi connectivity index (χ3n) is 2.12. The summed E-state index contributed by atoms with van der Waals surface area (Å²) in [5.41, 5.74) is 0.426. The van der Waals surface area contributed by atoms with Crippen LogP contribution in [-0.2, 0) is 6.61 Å². The Hall–Kier alpha value is -1.56. The molecule has 0 spiro atoms. The van der Waals surface area contributed by atoms with Gasteiger partial charge in [0.15, 0.2) is 11.6 Å². The number of aromatic nitrogens is 1. The first-order valence-electron chi connectivity index (χ1n) is 4.93. The fourth-order valence-electron chi connectivity index (χ4n) is 1.33. The number of pyridine rings is 1. The van der Waals surface area contributed by atoms with E-state index in [9.17, 15) is 13.2 Å². The van der Waals surface area contributed by atoms with E-state index < -0.39 is 17.5 Å². The van der Waals surface area contributed by atoms with Gasteiger partial charge in [0.1, 0.15) is 12.4 Å². The molecule has 1 aromatic carbocycles. The van der Waals surface area contributed by atoms with Crippen LogP contribution in [-0.4, -0.2) is 4.98 Å². The Kier molecular flexibility index (Phi) is 3.86. The summed E-state index contributed by atoms with van der Waals surface area (Å²) in [6.45, 7) is -0.0996. The Morgan fingerprint density at radius 3 is 2.61 bits per heavy atom. The first kappa shape index (κ1) is 12.9. The molecule has 0 N–H and O–H groups in total.